The zero-order valence-corrected chi connectivity index (χ0v) is 11.8. The van der Waals surface area contributed by atoms with Gasteiger partial charge < -0.3 is 15.0 Å². The smallest absolute Gasteiger partial charge is 0.260 e. The molecule has 0 saturated heterocycles. The largest absolute Gasteiger partial charge is 0.398 e. The predicted molar refractivity (Wildman–Crippen MR) is 76.0 cm³/mol. The minimum absolute atomic E-state index is 0.0523. The van der Waals surface area contributed by atoms with Gasteiger partial charge in [0.15, 0.2) is 0 Å². The van der Waals surface area contributed by atoms with E-state index < -0.39 is 0 Å². The number of anilines is 1. The Kier molecular flexibility index (Phi) is 3.44. The maximum Gasteiger partial charge on any atom is 0.260 e. The lowest BCUT2D eigenvalue weighted by Gasteiger charge is -2.11. The highest BCUT2D eigenvalue weighted by Crippen LogP contribution is 2.42. The summed E-state index contributed by atoms with van der Waals surface area (Å²) in [4.78, 5) is 4.48. The molecular formula is C15H19N3O2. The maximum absolute atomic E-state index is 5.98. The molecule has 1 fully saturated rings. The van der Waals surface area contributed by atoms with Gasteiger partial charge >= 0.3 is 0 Å². The second-order valence-electron chi connectivity index (χ2n) is 5.26. The van der Waals surface area contributed by atoms with E-state index in [0.717, 1.165) is 11.1 Å². The number of rotatable bonds is 5. The summed E-state index contributed by atoms with van der Waals surface area (Å²) in [6.45, 7) is 4.64. The fraction of sp³-hybridized carbons (Fsp3) is 0.467. The Balaban J connectivity index is 1.90. The molecule has 1 aliphatic rings. The number of benzene rings is 1. The van der Waals surface area contributed by atoms with Crippen LogP contribution in [0.1, 0.15) is 37.3 Å². The summed E-state index contributed by atoms with van der Waals surface area (Å²) >= 11 is 0. The average molecular weight is 273 g/mol. The van der Waals surface area contributed by atoms with E-state index in [1.54, 1.807) is 0 Å². The van der Waals surface area contributed by atoms with Crippen LogP contribution in [0.15, 0.2) is 22.7 Å². The molecule has 1 aromatic heterocycles. The first-order chi connectivity index (χ1) is 9.69. The third-order valence-corrected chi connectivity index (χ3v) is 3.53. The molecule has 1 saturated carbocycles. The highest BCUT2D eigenvalue weighted by molar-refractivity contribution is 5.70. The van der Waals surface area contributed by atoms with Crippen LogP contribution in [0.5, 0.6) is 0 Å². The van der Waals surface area contributed by atoms with Crippen LogP contribution in [0, 0.1) is 12.8 Å². The summed E-state index contributed by atoms with van der Waals surface area (Å²) in [7, 11) is 0. The first-order valence-corrected chi connectivity index (χ1v) is 7.00. The summed E-state index contributed by atoms with van der Waals surface area (Å²) in [5.74, 6) is 1.62. The van der Waals surface area contributed by atoms with E-state index in [9.17, 15) is 0 Å². The van der Waals surface area contributed by atoms with Crippen molar-refractivity contribution in [3.8, 4) is 11.5 Å². The second kappa shape index (κ2) is 5.25. The number of ether oxygens (including phenoxy) is 1. The van der Waals surface area contributed by atoms with Crippen molar-refractivity contribution in [3.63, 3.8) is 0 Å². The Morgan fingerprint density at radius 1 is 1.45 bits per heavy atom. The first-order valence-electron chi connectivity index (χ1n) is 7.00. The van der Waals surface area contributed by atoms with Crippen LogP contribution in [0.25, 0.3) is 11.5 Å². The number of aryl methyl sites for hydroxylation is 1. The van der Waals surface area contributed by atoms with E-state index >= 15 is 0 Å². The molecule has 1 unspecified atom stereocenters. The molecule has 1 atom stereocenters. The van der Waals surface area contributed by atoms with Gasteiger partial charge in [0.2, 0.25) is 5.82 Å². The molecule has 106 valence electrons. The van der Waals surface area contributed by atoms with E-state index in [4.69, 9.17) is 15.0 Å². The van der Waals surface area contributed by atoms with Gasteiger partial charge in [0.05, 0.1) is 5.56 Å². The quantitative estimate of drug-likeness (QED) is 0.847. The van der Waals surface area contributed by atoms with Crippen molar-refractivity contribution in [2.45, 2.75) is 32.8 Å². The lowest BCUT2D eigenvalue weighted by molar-refractivity contribution is 0.0385. The van der Waals surface area contributed by atoms with Gasteiger partial charge in [-0.1, -0.05) is 16.8 Å². The van der Waals surface area contributed by atoms with Gasteiger partial charge in [-0.3, -0.25) is 0 Å². The highest BCUT2D eigenvalue weighted by atomic mass is 16.5. The van der Waals surface area contributed by atoms with Gasteiger partial charge in [-0.2, -0.15) is 4.98 Å². The van der Waals surface area contributed by atoms with Gasteiger partial charge in [0.25, 0.3) is 5.89 Å². The second-order valence-corrected chi connectivity index (χ2v) is 5.26. The molecule has 20 heavy (non-hydrogen) atoms. The third-order valence-electron chi connectivity index (χ3n) is 3.53. The molecule has 5 nitrogen and oxygen atoms in total. The van der Waals surface area contributed by atoms with Gasteiger partial charge in [0.1, 0.15) is 6.10 Å². The molecule has 0 aliphatic heterocycles. The van der Waals surface area contributed by atoms with Crippen LogP contribution < -0.4 is 5.73 Å². The monoisotopic (exact) mass is 273 g/mol. The van der Waals surface area contributed by atoms with E-state index in [1.165, 1.54) is 12.8 Å². The lowest BCUT2D eigenvalue weighted by Crippen LogP contribution is -2.08. The summed E-state index contributed by atoms with van der Waals surface area (Å²) < 4.78 is 11.1. The number of aromatic nitrogens is 2. The van der Waals surface area contributed by atoms with Crippen LogP contribution in [-0.2, 0) is 4.74 Å². The molecule has 0 amide bonds. The maximum atomic E-state index is 5.98. The molecular weight excluding hydrogens is 254 g/mol. The number of hydrogen-bond donors (Lipinski definition) is 1. The van der Waals surface area contributed by atoms with E-state index in [2.05, 4.69) is 10.1 Å². The van der Waals surface area contributed by atoms with Crippen molar-refractivity contribution < 1.29 is 9.26 Å². The summed E-state index contributed by atoms with van der Waals surface area (Å²) in [5, 5.41) is 4.08. The van der Waals surface area contributed by atoms with Crippen LogP contribution in [-0.4, -0.2) is 16.7 Å². The topological polar surface area (TPSA) is 74.2 Å². The van der Waals surface area contributed by atoms with Gasteiger partial charge in [-0.05, 0) is 44.7 Å². The van der Waals surface area contributed by atoms with Gasteiger partial charge in [0, 0.05) is 12.3 Å². The zero-order valence-electron chi connectivity index (χ0n) is 11.8. The van der Waals surface area contributed by atoms with Crippen molar-refractivity contribution in [3.05, 3.63) is 29.6 Å². The van der Waals surface area contributed by atoms with E-state index in [-0.39, 0.29) is 6.10 Å². The SMILES string of the molecule is CCOC(c1noc(-c2cc(C)ccc2N)n1)C1CC1. The number of nitrogens with zero attached hydrogens (tertiary/aromatic N) is 2. The molecule has 1 aromatic carbocycles. The Bertz CT molecular complexity index is 605. The summed E-state index contributed by atoms with van der Waals surface area (Å²) in [6, 6.07) is 5.78. The molecule has 3 rings (SSSR count). The van der Waals surface area contributed by atoms with Crippen LogP contribution in [0.4, 0.5) is 5.69 Å². The Morgan fingerprint density at radius 2 is 2.25 bits per heavy atom. The number of nitrogens with two attached hydrogens (primary N) is 1. The molecule has 0 spiro atoms. The van der Waals surface area contributed by atoms with Gasteiger partial charge in [-0.15, -0.1) is 0 Å². The van der Waals surface area contributed by atoms with Crippen LogP contribution >= 0.6 is 0 Å². The van der Waals surface area contributed by atoms with Crippen LogP contribution in [0.3, 0.4) is 0 Å². The van der Waals surface area contributed by atoms with Crippen LogP contribution in [0.2, 0.25) is 0 Å². The third kappa shape index (κ3) is 2.54. The Labute approximate surface area is 118 Å². The Morgan fingerprint density at radius 3 is 2.95 bits per heavy atom. The zero-order chi connectivity index (χ0) is 14.1. The fourth-order valence-electron chi connectivity index (χ4n) is 2.32. The van der Waals surface area contributed by atoms with Crippen molar-refractivity contribution in [1.29, 1.82) is 0 Å². The number of nitrogen functional groups attached to an aromatic ring is 1. The highest BCUT2D eigenvalue weighted by Gasteiger charge is 2.36. The lowest BCUT2D eigenvalue weighted by atomic mass is 10.1. The van der Waals surface area contributed by atoms with E-state index in [0.29, 0.717) is 29.9 Å². The van der Waals surface area contributed by atoms with Crippen molar-refractivity contribution in [2.75, 3.05) is 12.3 Å². The Hall–Kier alpha value is -1.88. The molecule has 5 heteroatoms. The standard InChI is InChI=1S/C15H19N3O2/c1-3-19-13(10-5-6-10)14-17-15(20-18-14)11-8-9(2)4-7-12(11)16/h4,7-8,10,13H,3,5-6,16H2,1-2H3. The first kappa shape index (κ1) is 13.1. The number of hydrogen-bond acceptors (Lipinski definition) is 5. The molecule has 2 aromatic rings. The predicted octanol–water partition coefficient (Wildman–Crippen LogP) is 3.11. The van der Waals surface area contributed by atoms with E-state index in [1.807, 2.05) is 32.0 Å². The minimum atomic E-state index is -0.0523. The van der Waals surface area contributed by atoms with Gasteiger partial charge in [-0.25, -0.2) is 0 Å². The summed E-state index contributed by atoms with van der Waals surface area (Å²) in [6.07, 6.45) is 2.28. The van der Waals surface area contributed by atoms with Crippen molar-refractivity contribution in [1.82, 2.24) is 10.1 Å². The molecule has 1 aliphatic carbocycles. The normalized spacial score (nSPS) is 16.3. The molecule has 1 heterocycles. The molecule has 0 radical (unpaired) electrons. The van der Waals surface area contributed by atoms with Crippen molar-refractivity contribution >= 4 is 5.69 Å². The summed E-state index contributed by atoms with van der Waals surface area (Å²) in [5.41, 5.74) is 8.52. The fourth-order valence-corrected chi connectivity index (χ4v) is 2.32. The molecule has 0 bridgehead atoms. The minimum Gasteiger partial charge on any atom is -0.398 e. The average Bonchev–Trinajstić information content (AvgIpc) is 3.16. The van der Waals surface area contributed by atoms with Crippen molar-refractivity contribution in [2.24, 2.45) is 5.92 Å². The molecule has 2 N–H and O–H groups in total.